The van der Waals surface area contributed by atoms with Crippen LogP contribution in [0.4, 0.5) is 23.3 Å². The molecule has 20 heteroatoms. The molecule has 2 aliphatic carbocycles. The lowest BCUT2D eigenvalue weighted by atomic mass is 10.0. The Hall–Kier alpha value is -7.12. The quantitative estimate of drug-likeness (QED) is 0.0837. The molecule has 0 bridgehead atoms. The van der Waals surface area contributed by atoms with Crippen LogP contribution in [-0.4, -0.2) is 84.7 Å². The number of carbonyl (C=O) groups is 2. The van der Waals surface area contributed by atoms with Gasteiger partial charge in [-0.3, -0.25) is 28.9 Å². The van der Waals surface area contributed by atoms with Crippen molar-refractivity contribution in [2.75, 3.05) is 35.3 Å². The number of aromatic nitrogens is 10. The molecule has 66 heavy (non-hydrogen) atoms. The predicted molar refractivity (Wildman–Crippen MR) is 251 cm³/mol. The fraction of sp³-hybridized carbons (Fsp3) is 0.261. The first-order valence-corrected chi connectivity index (χ1v) is 21.8. The fourth-order valence-corrected chi connectivity index (χ4v) is 8.85. The summed E-state index contributed by atoms with van der Waals surface area (Å²) in [5.74, 6) is 1.26. The Labute approximate surface area is 387 Å². The van der Waals surface area contributed by atoms with Gasteiger partial charge in [-0.15, -0.1) is 0 Å². The highest BCUT2D eigenvalue weighted by molar-refractivity contribution is 6.39. The van der Waals surface area contributed by atoms with Crippen LogP contribution in [0, 0.1) is 11.8 Å². The average molecular weight is 928 g/mol. The van der Waals surface area contributed by atoms with Gasteiger partial charge in [0.2, 0.25) is 11.8 Å². The third kappa shape index (κ3) is 8.95. The minimum Gasteiger partial charge on any atom is -0.396 e. The molecule has 0 aliphatic heterocycles. The summed E-state index contributed by atoms with van der Waals surface area (Å²) in [6.45, 7) is -0.0298. The molecule has 0 spiro atoms. The molecule has 336 valence electrons. The van der Waals surface area contributed by atoms with Gasteiger partial charge in [-0.2, -0.15) is 10.2 Å². The number of halogens is 2. The number of aryl methyl sites for hydroxylation is 2. The van der Waals surface area contributed by atoms with E-state index in [4.69, 9.17) is 34.7 Å². The lowest BCUT2D eigenvalue weighted by Crippen LogP contribution is -2.15. The number of nitrogens with one attached hydrogen (secondary N) is 2. The number of amides is 2. The molecule has 18 nitrogen and oxygen atoms in total. The third-order valence-corrected chi connectivity index (χ3v) is 12.6. The second kappa shape index (κ2) is 18.4. The Kier molecular flexibility index (Phi) is 12.3. The van der Waals surface area contributed by atoms with Gasteiger partial charge in [0, 0.05) is 121 Å². The van der Waals surface area contributed by atoms with Crippen LogP contribution in [0.5, 0.6) is 0 Å². The monoisotopic (exact) mass is 926 g/mol. The molecular weight excluding hydrogens is 884 g/mol. The van der Waals surface area contributed by atoms with E-state index >= 15 is 0 Å². The molecule has 8 aromatic rings. The largest absolute Gasteiger partial charge is 0.396 e. The van der Waals surface area contributed by atoms with E-state index in [-0.39, 0.29) is 60.3 Å². The van der Waals surface area contributed by atoms with Crippen molar-refractivity contribution in [2.24, 2.45) is 25.9 Å². The highest BCUT2D eigenvalue weighted by atomic mass is 35.5. The molecule has 2 amide bonds. The molecule has 0 radical (unpaired) electrons. The van der Waals surface area contributed by atoms with Crippen molar-refractivity contribution < 1.29 is 19.8 Å². The second-order valence-corrected chi connectivity index (χ2v) is 17.1. The number of anilines is 4. The molecule has 2 fully saturated rings. The Morgan fingerprint density at radius 1 is 0.667 bits per heavy atom. The summed E-state index contributed by atoms with van der Waals surface area (Å²) in [5, 5.41) is 36.1. The van der Waals surface area contributed by atoms with Gasteiger partial charge in [0.1, 0.15) is 23.3 Å². The van der Waals surface area contributed by atoms with Crippen molar-refractivity contribution in [3.8, 4) is 22.5 Å². The van der Waals surface area contributed by atoms with E-state index in [1.165, 1.54) is 0 Å². The van der Waals surface area contributed by atoms with Gasteiger partial charge in [-0.1, -0.05) is 23.2 Å². The summed E-state index contributed by atoms with van der Waals surface area (Å²) in [6.07, 6.45) is 19.6. The topological polar surface area (TPSA) is 264 Å². The number of fused-ring (bicyclic) bond motifs is 2. The van der Waals surface area contributed by atoms with Crippen molar-refractivity contribution in [1.82, 2.24) is 49.5 Å². The first-order valence-electron chi connectivity index (χ1n) is 21.1. The summed E-state index contributed by atoms with van der Waals surface area (Å²) >= 11 is 13.5. The van der Waals surface area contributed by atoms with Crippen LogP contribution in [0.3, 0.4) is 0 Å². The van der Waals surface area contributed by atoms with E-state index in [0.29, 0.717) is 78.6 Å². The van der Waals surface area contributed by atoms with Gasteiger partial charge in [-0.25, -0.2) is 19.9 Å². The van der Waals surface area contributed by atoms with Crippen molar-refractivity contribution in [1.29, 1.82) is 0 Å². The number of hydrogen-bond acceptors (Lipinski definition) is 14. The first kappa shape index (κ1) is 44.1. The number of hydrogen-bond donors (Lipinski definition) is 6. The van der Waals surface area contributed by atoms with Crippen LogP contribution >= 0.6 is 23.2 Å². The molecule has 8 aromatic heterocycles. The smallest absolute Gasteiger partial charge is 0.229 e. The predicted octanol–water partition coefficient (Wildman–Crippen LogP) is 5.88. The molecule has 0 aromatic carbocycles. The van der Waals surface area contributed by atoms with Gasteiger partial charge in [0.05, 0.1) is 33.8 Å². The molecule has 4 atom stereocenters. The van der Waals surface area contributed by atoms with Crippen LogP contribution in [0.2, 0.25) is 10.0 Å². The fourth-order valence-electron chi connectivity index (χ4n) is 8.25. The second-order valence-electron chi connectivity index (χ2n) is 16.3. The lowest BCUT2D eigenvalue weighted by Gasteiger charge is -2.13. The molecule has 8 heterocycles. The standard InChI is InChI=1S/2C23H22ClN7O2/c2*1-31-11-13(8-28-31)14-6-16(14)23(33)29-19-7-15-18(10-27-19)22(25)30-21(20(15)24)17-9-26-4-2-12(17)3-5-32/h2*2,4,7-11,14,16,32H,3,5-6H2,1H3,(H2,25,30)(H,27,29,33)/t2*14-,16+/m10/s1. The molecule has 8 N–H and O–H groups in total. The molecule has 0 saturated heterocycles. The van der Waals surface area contributed by atoms with Gasteiger partial charge in [0.15, 0.2) is 0 Å². The Morgan fingerprint density at radius 3 is 1.47 bits per heavy atom. The summed E-state index contributed by atoms with van der Waals surface area (Å²) in [4.78, 5) is 51.5. The van der Waals surface area contributed by atoms with E-state index in [0.717, 1.165) is 35.1 Å². The zero-order chi connectivity index (χ0) is 46.2. The van der Waals surface area contributed by atoms with Crippen LogP contribution in [0.15, 0.2) is 86.2 Å². The number of nitrogens with two attached hydrogens (primary N) is 2. The number of nitrogens with zero attached hydrogens (tertiary/aromatic N) is 10. The third-order valence-electron chi connectivity index (χ3n) is 11.9. The molecule has 0 unspecified atom stereocenters. The molecule has 10 rings (SSSR count). The highest BCUT2D eigenvalue weighted by Gasteiger charge is 2.45. The van der Waals surface area contributed by atoms with Gasteiger partial charge in [0.25, 0.3) is 0 Å². The zero-order valence-corrected chi connectivity index (χ0v) is 37.2. The SMILES string of the molecule is Cn1cc([C@@H]2C[C@H]2C(=O)Nc2cc3c(Cl)c(-c4cnccc4CCO)nc(N)c3cn2)cn1.Cn1cc([C@H]2C[C@@H]2C(=O)Nc2cc3c(Cl)c(-c4cnccc4CCO)nc(N)c3cn2)cn1. The highest BCUT2D eigenvalue weighted by Crippen LogP contribution is 2.49. The van der Waals surface area contributed by atoms with Crippen LogP contribution in [0.25, 0.3) is 44.1 Å². The maximum atomic E-state index is 12.8. The van der Waals surface area contributed by atoms with E-state index in [9.17, 15) is 19.8 Å². The minimum atomic E-state index is -0.114. The summed E-state index contributed by atoms with van der Waals surface area (Å²) < 4.78 is 3.47. The van der Waals surface area contributed by atoms with Gasteiger partial charge >= 0.3 is 0 Å². The van der Waals surface area contributed by atoms with Crippen molar-refractivity contribution in [3.63, 3.8) is 0 Å². The normalized spacial score (nSPS) is 17.3. The van der Waals surface area contributed by atoms with Crippen molar-refractivity contribution in [3.05, 3.63) is 119 Å². The number of rotatable bonds is 12. The average Bonchev–Trinajstić information content (AvgIpc) is 4.21. The van der Waals surface area contributed by atoms with E-state index in [1.807, 2.05) is 38.6 Å². The van der Waals surface area contributed by atoms with Gasteiger partial charge < -0.3 is 32.3 Å². The maximum absolute atomic E-state index is 12.8. The van der Waals surface area contributed by atoms with E-state index in [2.05, 4.69) is 50.7 Å². The Balaban J connectivity index is 0.000000166. The maximum Gasteiger partial charge on any atom is 0.229 e. The number of aliphatic hydroxyl groups is 2. The number of nitrogen functional groups attached to an aromatic ring is 2. The molecule has 2 saturated carbocycles. The lowest BCUT2D eigenvalue weighted by molar-refractivity contribution is -0.118. The van der Waals surface area contributed by atoms with E-state index in [1.54, 1.807) is 71.1 Å². The Bertz CT molecular complexity index is 2950. The van der Waals surface area contributed by atoms with Crippen molar-refractivity contribution in [2.45, 2.75) is 37.5 Å². The molecule has 2 aliphatic rings. The Morgan fingerprint density at radius 2 is 1.09 bits per heavy atom. The number of carbonyl (C=O) groups excluding carboxylic acids is 2. The molecular formula is C46H44Cl2N14O4. The zero-order valence-electron chi connectivity index (χ0n) is 35.7. The summed E-state index contributed by atoms with van der Waals surface area (Å²) in [5.41, 5.74) is 18.6. The first-order chi connectivity index (χ1) is 31.9. The minimum absolute atomic E-state index is 0.0149. The van der Waals surface area contributed by atoms with Crippen LogP contribution in [0.1, 0.15) is 46.9 Å². The number of pyridine rings is 6. The number of aliphatic hydroxyl groups excluding tert-OH is 2. The van der Waals surface area contributed by atoms with Crippen LogP contribution in [-0.2, 0) is 36.5 Å². The van der Waals surface area contributed by atoms with Crippen LogP contribution < -0.4 is 22.1 Å². The summed E-state index contributed by atoms with van der Waals surface area (Å²) in [6, 6.07) is 7.05. The van der Waals surface area contributed by atoms with Gasteiger partial charge in [-0.05, 0) is 84.0 Å². The summed E-state index contributed by atoms with van der Waals surface area (Å²) in [7, 11) is 3.72. The van der Waals surface area contributed by atoms with E-state index < -0.39 is 0 Å². The van der Waals surface area contributed by atoms with Crippen molar-refractivity contribution >= 4 is 79.8 Å².